The van der Waals surface area contributed by atoms with Crippen LogP contribution in [0.4, 0.5) is 11.4 Å². The van der Waals surface area contributed by atoms with Crippen LogP contribution in [0.1, 0.15) is 6.42 Å². The van der Waals surface area contributed by atoms with Crippen LogP contribution in [0.5, 0.6) is 0 Å². The molecule has 0 unspecified atom stereocenters. The summed E-state index contributed by atoms with van der Waals surface area (Å²) in [7, 11) is 0. The summed E-state index contributed by atoms with van der Waals surface area (Å²) in [5.41, 5.74) is 1.82. The minimum atomic E-state index is 0.0596. The third-order valence-corrected chi connectivity index (χ3v) is 2.42. The SMILES string of the molecule is O=C1CCNc2ccc(Br)cc2N1. The highest BCUT2D eigenvalue weighted by Crippen LogP contribution is 2.27. The number of carbonyl (C=O) groups excluding carboxylic acids is 1. The van der Waals surface area contributed by atoms with E-state index in [-0.39, 0.29) is 5.91 Å². The second kappa shape index (κ2) is 3.38. The molecule has 13 heavy (non-hydrogen) atoms. The van der Waals surface area contributed by atoms with Crippen LogP contribution in [0.25, 0.3) is 0 Å². The van der Waals surface area contributed by atoms with Gasteiger partial charge in [0.2, 0.25) is 5.91 Å². The van der Waals surface area contributed by atoms with Crippen LogP contribution in [-0.4, -0.2) is 12.5 Å². The van der Waals surface area contributed by atoms with Gasteiger partial charge in [0, 0.05) is 17.4 Å². The molecule has 0 radical (unpaired) electrons. The highest BCUT2D eigenvalue weighted by molar-refractivity contribution is 9.10. The van der Waals surface area contributed by atoms with Crippen molar-refractivity contribution >= 4 is 33.2 Å². The van der Waals surface area contributed by atoms with Gasteiger partial charge in [-0.1, -0.05) is 15.9 Å². The third kappa shape index (κ3) is 1.83. The van der Waals surface area contributed by atoms with E-state index >= 15 is 0 Å². The molecule has 2 rings (SSSR count). The highest BCUT2D eigenvalue weighted by atomic mass is 79.9. The summed E-state index contributed by atoms with van der Waals surface area (Å²) < 4.78 is 0.968. The first-order valence-corrected chi connectivity index (χ1v) is 4.88. The lowest BCUT2D eigenvalue weighted by Crippen LogP contribution is -2.10. The van der Waals surface area contributed by atoms with Crippen molar-refractivity contribution in [3.8, 4) is 0 Å². The lowest BCUT2D eigenvalue weighted by Gasteiger charge is -2.06. The quantitative estimate of drug-likeness (QED) is 0.731. The number of hydrogen-bond donors (Lipinski definition) is 2. The molecular formula is C9H9BrN2O. The average molecular weight is 241 g/mol. The van der Waals surface area contributed by atoms with Crippen LogP contribution in [0.2, 0.25) is 0 Å². The fraction of sp³-hybridized carbons (Fsp3) is 0.222. The first-order valence-electron chi connectivity index (χ1n) is 4.09. The Kier molecular flexibility index (Phi) is 2.22. The fourth-order valence-corrected chi connectivity index (χ4v) is 1.66. The van der Waals surface area contributed by atoms with E-state index in [1.165, 1.54) is 0 Å². The number of benzene rings is 1. The summed E-state index contributed by atoms with van der Waals surface area (Å²) in [5.74, 6) is 0.0596. The van der Waals surface area contributed by atoms with Gasteiger partial charge in [0.15, 0.2) is 0 Å². The molecule has 3 nitrogen and oxygen atoms in total. The molecular weight excluding hydrogens is 232 g/mol. The number of halogens is 1. The van der Waals surface area contributed by atoms with Gasteiger partial charge in [0.05, 0.1) is 11.4 Å². The predicted octanol–water partition coefficient (Wildman–Crippen LogP) is 2.20. The molecule has 1 amide bonds. The first-order chi connectivity index (χ1) is 6.25. The molecule has 1 aliphatic rings. The van der Waals surface area contributed by atoms with Gasteiger partial charge in [-0.25, -0.2) is 0 Å². The van der Waals surface area contributed by atoms with Crippen LogP contribution in [0.3, 0.4) is 0 Å². The van der Waals surface area contributed by atoms with Crippen LogP contribution < -0.4 is 10.6 Å². The van der Waals surface area contributed by atoms with E-state index in [1.54, 1.807) is 0 Å². The van der Waals surface area contributed by atoms with E-state index in [0.717, 1.165) is 15.8 Å². The predicted molar refractivity (Wildman–Crippen MR) is 55.9 cm³/mol. The van der Waals surface area contributed by atoms with Crippen LogP contribution in [0.15, 0.2) is 22.7 Å². The molecule has 2 N–H and O–H groups in total. The van der Waals surface area contributed by atoms with E-state index in [0.29, 0.717) is 13.0 Å². The Labute approximate surface area is 84.6 Å². The number of hydrogen-bond acceptors (Lipinski definition) is 2. The maximum absolute atomic E-state index is 11.2. The molecule has 1 aliphatic heterocycles. The minimum Gasteiger partial charge on any atom is -0.383 e. The van der Waals surface area contributed by atoms with E-state index in [4.69, 9.17) is 0 Å². The summed E-state index contributed by atoms with van der Waals surface area (Å²) in [5, 5.41) is 6.01. The number of anilines is 2. The standard InChI is InChI=1S/C9H9BrN2O/c10-6-1-2-7-8(5-6)12-9(13)3-4-11-7/h1-2,5,11H,3-4H2,(H,12,13). The average Bonchev–Trinajstić information content (AvgIpc) is 2.25. The minimum absolute atomic E-state index is 0.0596. The zero-order valence-electron chi connectivity index (χ0n) is 6.93. The monoisotopic (exact) mass is 240 g/mol. The normalized spacial score (nSPS) is 15.3. The molecule has 4 heteroatoms. The van der Waals surface area contributed by atoms with Crippen molar-refractivity contribution in [3.05, 3.63) is 22.7 Å². The molecule has 1 aromatic rings. The first kappa shape index (κ1) is 8.56. The fourth-order valence-electron chi connectivity index (χ4n) is 1.30. The Morgan fingerprint density at radius 2 is 2.15 bits per heavy atom. The lowest BCUT2D eigenvalue weighted by molar-refractivity contribution is -0.115. The number of nitrogens with one attached hydrogen (secondary N) is 2. The van der Waals surface area contributed by atoms with Crippen molar-refractivity contribution in [3.63, 3.8) is 0 Å². The number of rotatable bonds is 0. The van der Waals surface area contributed by atoms with Gasteiger partial charge in [-0.2, -0.15) is 0 Å². The molecule has 0 spiro atoms. The van der Waals surface area contributed by atoms with Crippen LogP contribution >= 0.6 is 15.9 Å². The van der Waals surface area contributed by atoms with E-state index < -0.39 is 0 Å². The van der Waals surface area contributed by atoms with Gasteiger partial charge in [0.25, 0.3) is 0 Å². The molecule has 0 fully saturated rings. The molecule has 0 aromatic heterocycles. The van der Waals surface area contributed by atoms with Crippen molar-refractivity contribution in [2.24, 2.45) is 0 Å². The lowest BCUT2D eigenvalue weighted by atomic mass is 10.2. The van der Waals surface area contributed by atoms with Gasteiger partial charge in [0.1, 0.15) is 0 Å². The zero-order valence-corrected chi connectivity index (χ0v) is 8.52. The smallest absolute Gasteiger partial charge is 0.226 e. The van der Waals surface area contributed by atoms with Crippen molar-refractivity contribution in [1.29, 1.82) is 0 Å². The number of amides is 1. The van der Waals surface area contributed by atoms with Gasteiger partial charge in [-0.3, -0.25) is 4.79 Å². The zero-order chi connectivity index (χ0) is 9.26. The van der Waals surface area contributed by atoms with Crippen LogP contribution in [-0.2, 0) is 4.79 Å². The summed E-state index contributed by atoms with van der Waals surface area (Å²) in [6, 6.07) is 5.79. The third-order valence-electron chi connectivity index (χ3n) is 1.92. The summed E-state index contributed by atoms with van der Waals surface area (Å²) >= 11 is 3.36. The maximum atomic E-state index is 11.2. The van der Waals surface area contributed by atoms with E-state index in [1.807, 2.05) is 18.2 Å². The summed E-state index contributed by atoms with van der Waals surface area (Å²) in [6.07, 6.45) is 0.520. The van der Waals surface area contributed by atoms with E-state index in [9.17, 15) is 4.79 Å². The van der Waals surface area contributed by atoms with Gasteiger partial charge in [-0.05, 0) is 18.2 Å². The summed E-state index contributed by atoms with van der Waals surface area (Å²) in [6.45, 7) is 0.695. The Hall–Kier alpha value is -1.03. The Morgan fingerprint density at radius 1 is 1.31 bits per heavy atom. The molecule has 0 saturated heterocycles. The largest absolute Gasteiger partial charge is 0.383 e. The van der Waals surface area contributed by atoms with E-state index in [2.05, 4.69) is 26.6 Å². The van der Waals surface area contributed by atoms with Gasteiger partial charge < -0.3 is 10.6 Å². The van der Waals surface area contributed by atoms with Crippen molar-refractivity contribution < 1.29 is 4.79 Å². The molecule has 1 aromatic carbocycles. The highest BCUT2D eigenvalue weighted by Gasteiger charge is 2.11. The van der Waals surface area contributed by atoms with Gasteiger partial charge in [-0.15, -0.1) is 0 Å². The Morgan fingerprint density at radius 3 is 3.00 bits per heavy atom. The second-order valence-electron chi connectivity index (χ2n) is 2.91. The summed E-state index contributed by atoms with van der Waals surface area (Å²) in [4.78, 5) is 11.2. The molecule has 0 bridgehead atoms. The number of fused-ring (bicyclic) bond motifs is 1. The molecule has 0 aliphatic carbocycles. The van der Waals surface area contributed by atoms with Gasteiger partial charge >= 0.3 is 0 Å². The molecule has 0 saturated carbocycles. The topological polar surface area (TPSA) is 41.1 Å². The molecule has 68 valence electrons. The Balaban J connectivity index is 2.40. The van der Waals surface area contributed by atoms with Crippen molar-refractivity contribution in [2.45, 2.75) is 6.42 Å². The Bertz CT molecular complexity index is 351. The number of carbonyl (C=O) groups is 1. The molecule has 0 atom stereocenters. The second-order valence-corrected chi connectivity index (χ2v) is 3.83. The van der Waals surface area contributed by atoms with Crippen molar-refractivity contribution in [1.82, 2.24) is 0 Å². The van der Waals surface area contributed by atoms with Crippen LogP contribution in [0, 0.1) is 0 Å². The maximum Gasteiger partial charge on any atom is 0.226 e. The molecule has 1 heterocycles. The van der Waals surface area contributed by atoms with Crippen molar-refractivity contribution in [2.75, 3.05) is 17.2 Å².